The first-order valence-electron chi connectivity index (χ1n) is 9.53. The highest BCUT2D eigenvalue weighted by atomic mass is 35.5. The normalized spacial score (nSPS) is 20.3. The molecule has 1 amide bonds. The van der Waals surface area contributed by atoms with Gasteiger partial charge >= 0.3 is 0 Å². The van der Waals surface area contributed by atoms with E-state index in [4.69, 9.17) is 11.6 Å². The maximum atomic E-state index is 13.3. The first-order chi connectivity index (χ1) is 13.1. The number of hydrogen-bond donors (Lipinski definition) is 1. The van der Waals surface area contributed by atoms with Gasteiger partial charge in [-0.25, -0.2) is 4.39 Å². The van der Waals surface area contributed by atoms with E-state index in [-0.39, 0.29) is 23.5 Å². The van der Waals surface area contributed by atoms with Gasteiger partial charge in [-0.15, -0.1) is 10.2 Å². The molecule has 1 N–H and O–H groups in total. The molecule has 1 unspecified atom stereocenters. The average Bonchev–Trinajstić information content (AvgIpc) is 3.18. The smallest absolute Gasteiger partial charge is 0.238 e. The molecule has 144 valence electrons. The van der Waals surface area contributed by atoms with Gasteiger partial charge in [0, 0.05) is 18.7 Å². The molecule has 6 nitrogen and oxygen atoms in total. The van der Waals surface area contributed by atoms with E-state index in [0.717, 1.165) is 56.8 Å². The van der Waals surface area contributed by atoms with Crippen molar-refractivity contribution in [2.75, 3.05) is 18.4 Å². The lowest BCUT2D eigenvalue weighted by molar-refractivity contribution is -0.117. The predicted octanol–water partition coefficient (Wildman–Crippen LogP) is 3.57. The van der Waals surface area contributed by atoms with Gasteiger partial charge in [-0.05, 0) is 50.4 Å². The summed E-state index contributed by atoms with van der Waals surface area (Å²) in [7, 11) is 0. The van der Waals surface area contributed by atoms with Crippen molar-refractivity contribution < 1.29 is 9.18 Å². The first-order valence-corrected chi connectivity index (χ1v) is 9.90. The van der Waals surface area contributed by atoms with Gasteiger partial charge in [-0.3, -0.25) is 9.69 Å². The van der Waals surface area contributed by atoms with Crippen molar-refractivity contribution in [1.82, 2.24) is 19.7 Å². The second-order valence-electron chi connectivity index (χ2n) is 7.24. The molecular weight excluding hydrogens is 369 g/mol. The number of fused-ring (bicyclic) bond motifs is 1. The van der Waals surface area contributed by atoms with Crippen LogP contribution in [-0.2, 0) is 17.8 Å². The molecule has 0 bridgehead atoms. The Balaban J connectivity index is 1.45. The number of anilines is 1. The third kappa shape index (κ3) is 3.99. The standard InChI is InChI=1S/C19H23ClFN5O/c20-14-11-13(7-8-15(14)21)22-18(27)12-25-9-4-5-16(25)19-24-23-17-6-2-1-3-10-26(17)19/h7-8,11,16H,1-6,9-10,12H2,(H,22,27). The van der Waals surface area contributed by atoms with E-state index in [0.29, 0.717) is 5.69 Å². The van der Waals surface area contributed by atoms with Crippen LogP contribution in [0.15, 0.2) is 18.2 Å². The lowest BCUT2D eigenvalue weighted by Crippen LogP contribution is -2.34. The zero-order chi connectivity index (χ0) is 18.8. The van der Waals surface area contributed by atoms with E-state index >= 15 is 0 Å². The molecule has 1 atom stereocenters. The summed E-state index contributed by atoms with van der Waals surface area (Å²) in [5.74, 6) is 1.42. The Morgan fingerprint density at radius 2 is 2.11 bits per heavy atom. The number of likely N-dealkylation sites (tertiary alicyclic amines) is 1. The molecule has 2 aliphatic rings. The Morgan fingerprint density at radius 3 is 2.96 bits per heavy atom. The van der Waals surface area contributed by atoms with E-state index in [1.54, 1.807) is 0 Å². The van der Waals surface area contributed by atoms with Crippen molar-refractivity contribution in [3.63, 3.8) is 0 Å². The predicted molar refractivity (Wildman–Crippen MR) is 101 cm³/mol. The third-order valence-electron chi connectivity index (χ3n) is 5.35. The summed E-state index contributed by atoms with van der Waals surface area (Å²) in [6, 6.07) is 4.31. The van der Waals surface area contributed by atoms with Crippen molar-refractivity contribution in [3.05, 3.63) is 40.7 Å². The van der Waals surface area contributed by atoms with Crippen LogP contribution in [0.4, 0.5) is 10.1 Å². The summed E-state index contributed by atoms with van der Waals surface area (Å²) in [5.41, 5.74) is 0.499. The Morgan fingerprint density at radius 1 is 1.22 bits per heavy atom. The number of amides is 1. The number of nitrogens with one attached hydrogen (secondary N) is 1. The molecule has 1 aromatic carbocycles. The highest BCUT2D eigenvalue weighted by Gasteiger charge is 2.32. The lowest BCUT2D eigenvalue weighted by Gasteiger charge is -2.24. The Labute approximate surface area is 162 Å². The highest BCUT2D eigenvalue weighted by molar-refractivity contribution is 6.31. The Hall–Kier alpha value is -1.99. The summed E-state index contributed by atoms with van der Waals surface area (Å²) in [5, 5.41) is 11.7. The molecule has 0 spiro atoms. The maximum absolute atomic E-state index is 13.3. The minimum absolute atomic E-state index is 0.00185. The van der Waals surface area contributed by atoms with Crippen molar-refractivity contribution in [1.29, 1.82) is 0 Å². The molecule has 0 aliphatic carbocycles. The zero-order valence-corrected chi connectivity index (χ0v) is 15.9. The molecule has 2 aromatic rings. The van der Waals surface area contributed by atoms with Crippen LogP contribution in [0.3, 0.4) is 0 Å². The van der Waals surface area contributed by atoms with E-state index in [1.807, 2.05) is 0 Å². The van der Waals surface area contributed by atoms with Gasteiger partial charge in [0.05, 0.1) is 17.6 Å². The lowest BCUT2D eigenvalue weighted by atomic mass is 10.2. The van der Waals surface area contributed by atoms with Gasteiger partial charge < -0.3 is 9.88 Å². The average molecular weight is 392 g/mol. The molecule has 3 heterocycles. The van der Waals surface area contributed by atoms with Crippen LogP contribution < -0.4 is 5.32 Å². The van der Waals surface area contributed by atoms with E-state index in [9.17, 15) is 9.18 Å². The van der Waals surface area contributed by atoms with Gasteiger partial charge in [0.1, 0.15) is 17.5 Å². The van der Waals surface area contributed by atoms with Crippen LogP contribution >= 0.6 is 11.6 Å². The summed E-state index contributed by atoms with van der Waals surface area (Å²) in [4.78, 5) is 14.6. The molecule has 1 saturated heterocycles. The molecule has 8 heteroatoms. The molecule has 1 aromatic heterocycles. The van der Waals surface area contributed by atoms with Crippen molar-refractivity contribution in [2.45, 2.75) is 51.1 Å². The number of carbonyl (C=O) groups is 1. The molecule has 1 fully saturated rings. The fraction of sp³-hybridized carbons (Fsp3) is 0.526. The van der Waals surface area contributed by atoms with Crippen LogP contribution in [0.5, 0.6) is 0 Å². The number of hydrogen-bond acceptors (Lipinski definition) is 4. The fourth-order valence-corrected chi connectivity index (χ4v) is 4.20. The SMILES string of the molecule is O=C(CN1CCCC1c1nnc2n1CCCCC2)Nc1ccc(F)c(Cl)c1. The number of rotatable bonds is 4. The summed E-state index contributed by atoms with van der Waals surface area (Å²) in [6.07, 6.45) is 6.52. The van der Waals surface area contributed by atoms with E-state index in [2.05, 4.69) is 25.0 Å². The number of halogens is 2. The van der Waals surface area contributed by atoms with Gasteiger partial charge in [0.15, 0.2) is 0 Å². The minimum atomic E-state index is -0.498. The number of carbonyl (C=O) groups excluding carboxylic acids is 1. The van der Waals surface area contributed by atoms with E-state index in [1.165, 1.54) is 24.6 Å². The zero-order valence-electron chi connectivity index (χ0n) is 15.1. The van der Waals surface area contributed by atoms with E-state index < -0.39 is 5.82 Å². The van der Waals surface area contributed by atoms with Crippen molar-refractivity contribution in [3.8, 4) is 0 Å². The summed E-state index contributed by atoms with van der Waals surface area (Å²) < 4.78 is 15.5. The maximum Gasteiger partial charge on any atom is 0.238 e. The van der Waals surface area contributed by atoms with Gasteiger partial charge in [0.2, 0.25) is 5.91 Å². The Kier molecular flexibility index (Phi) is 5.41. The van der Waals surface area contributed by atoms with Crippen LogP contribution in [0.25, 0.3) is 0 Å². The first kappa shape index (κ1) is 18.4. The third-order valence-corrected chi connectivity index (χ3v) is 5.64. The minimum Gasteiger partial charge on any atom is -0.325 e. The van der Waals surface area contributed by atoms with Gasteiger partial charge in [-0.1, -0.05) is 18.0 Å². The second-order valence-corrected chi connectivity index (χ2v) is 7.65. The van der Waals surface area contributed by atoms with Crippen LogP contribution in [-0.4, -0.2) is 38.7 Å². The second kappa shape index (κ2) is 7.94. The van der Waals surface area contributed by atoms with Gasteiger partial charge in [-0.2, -0.15) is 0 Å². The molecule has 4 rings (SSSR count). The number of benzene rings is 1. The highest BCUT2D eigenvalue weighted by Crippen LogP contribution is 2.32. The molecule has 0 radical (unpaired) electrons. The largest absolute Gasteiger partial charge is 0.325 e. The fourth-order valence-electron chi connectivity index (χ4n) is 4.02. The molecule has 0 saturated carbocycles. The Bertz CT molecular complexity index is 840. The summed E-state index contributed by atoms with van der Waals surface area (Å²) >= 11 is 5.78. The van der Waals surface area contributed by atoms with Gasteiger partial charge in [0.25, 0.3) is 0 Å². The van der Waals surface area contributed by atoms with Crippen molar-refractivity contribution >= 4 is 23.2 Å². The number of aromatic nitrogens is 3. The molecule has 27 heavy (non-hydrogen) atoms. The monoisotopic (exact) mass is 391 g/mol. The van der Waals surface area contributed by atoms with Crippen LogP contribution in [0.2, 0.25) is 5.02 Å². The number of nitrogens with zero attached hydrogens (tertiary/aromatic N) is 4. The molecule has 2 aliphatic heterocycles. The van der Waals surface area contributed by atoms with Crippen molar-refractivity contribution in [2.24, 2.45) is 0 Å². The quantitative estimate of drug-likeness (QED) is 0.865. The number of aryl methyl sites for hydroxylation is 1. The van der Waals surface area contributed by atoms with Crippen LogP contribution in [0, 0.1) is 5.82 Å². The van der Waals surface area contributed by atoms with Crippen LogP contribution in [0.1, 0.15) is 49.8 Å². The molecular formula is C19H23ClFN5O. The topological polar surface area (TPSA) is 63.1 Å². The summed E-state index contributed by atoms with van der Waals surface area (Å²) in [6.45, 7) is 2.08.